The van der Waals surface area contributed by atoms with Crippen molar-refractivity contribution in [2.75, 3.05) is 13.6 Å². The lowest BCUT2D eigenvalue weighted by Gasteiger charge is -2.39. The largest absolute Gasteiger partial charge is 0.391 e. The first-order valence-corrected chi connectivity index (χ1v) is 13.1. The SMILES string of the molecule is CN[C@@H]1[C@H](O)C[C@@H](O[C@H]2C/C=C(/C)C/C(C)=C\C=C/CCCCNC(=O)/C=C\C=C/[C@@H]2C)O[C@H]1C. The van der Waals surface area contributed by atoms with E-state index in [1.54, 1.807) is 12.2 Å². The van der Waals surface area contributed by atoms with Gasteiger partial charge in [0, 0.05) is 25.0 Å². The van der Waals surface area contributed by atoms with Gasteiger partial charge in [0.2, 0.25) is 5.91 Å². The highest BCUT2D eigenvalue weighted by atomic mass is 16.7. The minimum atomic E-state index is -0.522. The van der Waals surface area contributed by atoms with Gasteiger partial charge in [-0.1, -0.05) is 60.6 Å². The maximum absolute atomic E-state index is 12.0. The van der Waals surface area contributed by atoms with E-state index in [4.69, 9.17) is 9.47 Å². The van der Waals surface area contributed by atoms with Crippen LogP contribution in [0.4, 0.5) is 0 Å². The minimum absolute atomic E-state index is 0.0742. The third-order valence-corrected chi connectivity index (χ3v) is 6.61. The van der Waals surface area contributed by atoms with Crippen LogP contribution in [0.1, 0.15) is 66.2 Å². The van der Waals surface area contributed by atoms with Crippen LogP contribution in [0, 0.1) is 5.92 Å². The van der Waals surface area contributed by atoms with Gasteiger partial charge in [-0.25, -0.2) is 0 Å². The van der Waals surface area contributed by atoms with Crippen molar-refractivity contribution >= 4 is 5.91 Å². The molecule has 1 fully saturated rings. The molecule has 2 aliphatic heterocycles. The number of aliphatic hydroxyl groups excluding tert-OH is 1. The molecular formula is C29H46N2O4. The maximum Gasteiger partial charge on any atom is 0.243 e. The average Bonchev–Trinajstić information content (AvgIpc) is 2.80. The second-order valence-electron chi connectivity index (χ2n) is 9.86. The van der Waals surface area contributed by atoms with Crippen molar-refractivity contribution in [2.24, 2.45) is 5.92 Å². The number of ether oxygens (including phenoxy) is 2. The molecule has 6 heteroatoms. The number of allylic oxidation sites excluding steroid dienone is 7. The van der Waals surface area contributed by atoms with Crippen LogP contribution >= 0.6 is 0 Å². The fourth-order valence-electron chi connectivity index (χ4n) is 4.52. The van der Waals surface area contributed by atoms with Crippen molar-refractivity contribution in [3.63, 3.8) is 0 Å². The summed E-state index contributed by atoms with van der Waals surface area (Å²) in [6.07, 6.45) is 19.9. The summed E-state index contributed by atoms with van der Waals surface area (Å²) in [5, 5.41) is 16.6. The second-order valence-corrected chi connectivity index (χ2v) is 9.86. The monoisotopic (exact) mass is 486 g/mol. The number of aliphatic hydroxyl groups is 1. The summed E-state index contributed by atoms with van der Waals surface area (Å²) in [6.45, 7) is 9.07. The van der Waals surface area contributed by atoms with Gasteiger partial charge in [0.05, 0.1) is 24.4 Å². The molecule has 2 aliphatic rings. The predicted octanol–water partition coefficient (Wildman–Crippen LogP) is 4.73. The van der Waals surface area contributed by atoms with Crippen LogP contribution < -0.4 is 10.6 Å². The Kier molecular flexibility index (Phi) is 13.3. The van der Waals surface area contributed by atoms with Crippen molar-refractivity contribution in [3.8, 4) is 0 Å². The molecule has 6 atom stereocenters. The fraction of sp³-hybridized carbons (Fsp3) is 0.621. The number of carbonyl (C=O) groups excluding carboxylic acids is 1. The number of likely N-dealkylation sites (N-methyl/N-ethyl adjacent to an activating group) is 1. The first-order chi connectivity index (χ1) is 16.8. The van der Waals surface area contributed by atoms with Crippen molar-refractivity contribution in [1.29, 1.82) is 0 Å². The lowest BCUT2D eigenvalue weighted by atomic mass is 9.97. The molecule has 0 aromatic heterocycles. The summed E-state index contributed by atoms with van der Waals surface area (Å²) in [6, 6.07) is -0.104. The van der Waals surface area contributed by atoms with E-state index in [1.165, 1.54) is 11.1 Å². The fourth-order valence-corrected chi connectivity index (χ4v) is 4.52. The Morgan fingerprint density at radius 1 is 1.14 bits per heavy atom. The molecule has 0 aromatic rings. The van der Waals surface area contributed by atoms with Crippen molar-refractivity contribution < 1.29 is 19.4 Å². The molecule has 2 rings (SSSR count). The second kappa shape index (κ2) is 15.9. The highest BCUT2D eigenvalue weighted by molar-refractivity contribution is 5.87. The van der Waals surface area contributed by atoms with Gasteiger partial charge in [0.25, 0.3) is 0 Å². The van der Waals surface area contributed by atoms with Crippen molar-refractivity contribution in [2.45, 2.75) is 96.9 Å². The van der Waals surface area contributed by atoms with Gasteiger partial charge in [-0.3, -0.25) is 4.79 Å². The van der Waals surface area contributed by atoms with E-state index in [0.717, 1.165) is 32.1 Å². The quantitative estimate of drug-likeness (QED) is 0.503. The smallest absolute Gasteiger partial charge is 0.243 e. The number of carbonyl (C=O) groups is 1. The van der Waals surface area contributed by atoms with Gasteiger partial charge < -0.3 is 25.2 Å². The molecule has 0 radical (unpaired) electrons. The highest BCUT2D eigenvalue weighted by Crippen LogP contribution is 2.26. The summed E-state index contributed by atoms with van der Waals surface area (Å²) in [7, 11) is 1.84. The predicted molar refractivity (Wildman–Crippen MR) is 143 cm³/mol. The summed E-state index contributed by atoms with van der Waals surface area (Å²) < 4.78 is 12.5. The maximum atomic E-state index is 12.0. The van der Waals surface area contributed by atoms with E-state index in [9.17, 15) is 9.90 Å². The van der Waals surface area contributed by atoms with Crippen molar-refractivity contribution in [1.82, 2.24) is 10.6 Å². The Labute approximate surface area is 212 Å². The Bertz CT molecular complexity index is 787. The van der Waals surface area contributed by atoms with E-state index in [1.807, 2.05) is 20.0 Å². The van der Waals surface area contributed by atoms with Gasteiger partial charge in [0.1, 0.15) is 0 Å². The summed E-state index contributed by atoms with van der Waals surface area (Å²) >= 11 is 0. The first kappa shape index (κ1) is 29.2. The van der Waals surface area contributed by atoms with Crippen LogP contribution in [0.25, 0.3) is 0 Å². The molecule has 1 amide bonds. The van der Waals surface area contributed by atoms with Gasteiger partial charge in [-0.2, -0.15) is 0 Å². The van der Waals surface area contributed by atoms with Crippen LogP contribution in [-0.2, 0) is 14.3 Å². The van der Waals surface area contributed by atoms with Crippen LogP contribution in [0.3, 0.4) is 0 Å². The average molecular weight is 487 g/mol. The zero-order chi connectivity index (χ0) is 25.6. The molecule has 0 aromatic carbocycles. The van der Waals surface area contributed by atoms with Gasteiger partial charge in [-0.05, 0) is 59.9 Å². The van der Waals surface area contributed by atoms with Gasteiger partial charge >= 0.3 is 0 Å². The Morgan fingerprint density at radius 3 is 2.69 bits per heavy atom. The Balaban J connectivity index is 2.16. The van der Waals surface area contributed by atoms with E-state index in [-0.39, 0.29) is 30.1 Å². The van der Waals surface area contributed by atoms with Crippen LogP contribution in [-0.4, -0.2) is 55.2 Å². The zero-order valence-electron chi connectivity index (χ0n) is 22.2. The highest BCUT2D eigenvalue weighted by Gasteiger charge is 2.36. The molecular weight excluding hydrogens is 440 g/mol. The molecule has 2 heterocycles. The topological polar surface area (TPSA) is 79.8 Å². The molecule has 0 saturated carbocycles. The Morgan fingerprint density at radius 2 is 1.94 bits per heavy atom. The van der Waals surface area contributed by atoms with Crippen LogP contribution in [0.2, 0.25) is 0 Å². The van der Waals surface area contributed by atoms with E-state index >= 15 is 0 Å². The first-order valence-electron chi connectivity index (χ1n) is 13.1. The third kappa shape index (κ3) is 11.1. The summed E-state index contributed by atoms with van der Waals surface area (Å²) in [5.74, 6) is 0.0184. The number of hydrogen-bond acceptors (Lipinski definition) is 5. The number of amides is 1. The van der Waals surface area contributed by atoms with E-state index < -0.39 is 12.4 Å². The van der Waals surface area contributed by atoms with E-state index in [0.29, 0.717) is 13.0 Å². The number of hydrogen-bond donors (Lipinski definition) is 3. The Hall–Kier alpha value is -1.99. The molecule has 0 spiro atoms. The summed E-state index contributed by atoms with van der Waals surface area (Å²) in [5.41, 5.74) is 2.62. The zero-order valence-corrected chi connectivity index (χ0v) is 22.2. The summed E-state index contributed by atoms with van der Waals surface area (Å²) in [4.78, 5) is 12.0. The molecule has 0 unspecified atom stereocenters. The number of nitrogens with one attached hydrogen (secondary N) is 2. The molecule has 6 nitrogen and oxygen atoms in total. The number of rotatable bonds is 3. The molecule has 0 aliphatic carbocycles. The third-order valence-electron chi connectivity index (χ3n) is 6.61. The molecule has 35 heavy (non-hydrogen) atoms. The van der Waals surface area contributed by atoms with Gasteiger partial charge in [0.15, 0.2) is 6.29 Å². The standard InChI is InChI=1S/C29H46N2O4/c1-21-13-9-7-6-8-12-18-31-27(33)15-11-10-14-23(3)26(17-16-22(2)19-21)35-28-20-25(32)29(30-5)24(4)34-28/h7,9-11,13-16,23-26,28-30,32H,6,8,12,17-20H2,1-5H3,(H,31,33)/b9-7-,14-10-,15-11-,21-13-,22-16-/t23-,24-,25+,26-,28+,29-/m0/s1. The van der Waals surface area contributed by atoms with Gasteiger partial charge in [-0.15, -0.1) is 0 Å². The van der Waals surface area contributed by atoms with Crippen LogP contribution in [0.5, 0.6) is 0 Å². The lowest BCUT2D eigenvalue weighted by molar-refractivity contribution is -0.241. The molecule has 196 valence electrons. The molecule has 0 bridgehead atoms. The lowest BCUT2D eigenvalue weighted by Crippen LogP contribution is -2.54. The molecule has 3 N–H and O–H groups in total. The molecule has 1 saturated heterocycles. The van der Waals surface area contributed by atoms with E-state index in [2.05, 4.69) is 61.8 Å². The minimum Gasteiger partial charge on any atom is -0.391 e. The normalized spacial score (nSPS) is 38.2. The van der Waals surface area contributed by atoms with Crippen LogP contribution in [0.15, 0.2) is 59.8 Å². The van der Waals surface area contributed by atoms with Crippen molar-refractivity contribution in [3.05, 3.63) is 59.8 Å².